The van der Waals surface area contributed by atoms with Crippen molar-refractivity contribution in [3.8, 4) is 0 Å². The fourth-order valence-electron chi connectivity index (χ4n) is 1.13. The summed E-state index contributed by atoms with van der Waals surface area (Å²) in [6.07, 6.45) is -1.63. The van der Waals surface area contributed by atoms with E-state index in [1.165, 1.54) is 13.8 Å². The molecule has 0 amide bonds. The van der Waals surface area contributed by atoms with Crippen molar-refractivity contribution in [1.29, 1.82) is 0 Å². The predicted molar refractivity (Wildman–Crippen MR) is 78.1 cm³/mol. The van der Waals surface area contributed by atoms with Crippen LogP contribution in [0.4, 0.5) is 0 Å². The van der Waals surface area contributed by atoms with E-state index in [4.69, 9.17) is 28.7 Å². The first kappa shape index (κ1) is 22.9. The van der Waals surface area contributed by atoms with Gasteiger partial charge < -0.3 is 29.2 Å². The molecular weight excluding hydrogens is 351 g/mol. The van der Waals surface area contributed by atoms with Crippen molar-refractivity contribution in [3.63, 3.8) is 0 Å². The fourth-order valence-corrected chi connectivity index (χ4v) is 1.54. The zero-order valence-electron chi connectivity index (χ0n) is 13.5. The highest BCUT2D eigenvalue weighted by atomic mass is 31.1. The molecule has 0 aliphatic rings. The summed E-state index contributed by atoms with van der Waals surface area (Å²) in [7, 11) is -2.94. The summed E-state index contributed by atoms with van der Waals surface area (Å²) < 4.78 is 40.1. The van der Waals surface area contributed by atoms with Gasteiger partial charge in [-0.05, 0) is 0 Å². The highest BCUT2D eigenvalue weighted by molar-refractivity contribution is 7.33. The Kier molecular flexibility index (Phi) is 13.7. The normalized spacial score (nSPS) is 14.7. The molecule has 0 fully saturated rings. The summed E-state index contributed by atoms with van der Waals surface area (Å²) >= 11 is 0. The molecule has 0 saturated carbocycles. The molecule has 12 heteroatoms. The maximum atomic E-state index is 11.4. The zero-order valence-corrected chi connectivity index (χ0v) is 14.5. The molecular formula is C12H23O11P. The van der Waals surface area contributed by atoms with Gasteiger partial charge in [0.2, 0.25) is 0 Å². The van der Waals surface area contributed by atoms with Crippen molar-refractivity contribution >= 4 is 20.2 Å². The number of carbonyl (C=O) groups is 2. The lowest BCUT2D eigenvalue weighted by Gasteiger charge is -2.16. The van der Waals surface area contributed by atoms with Gasteiger partial charge in [0.1, 0.15) is 25.4 Å². The fraction of sp³-hybridized carbons (Fsp3) is 0.833. The smallest absolute Gasteiger partial charge is 0.323 e. The lowest BCUT2D eigenvalue weighted by Crippen LogP contribution is -2.26. The maximum Gasteiger partial charge on any atom is 0.323 e. The van der Waals surface area contributed by atoms with E-state index in [9.17, 15) is 14.2 Å². The second-order valence-corrected chi connectivity index (χ2v) is 5.40. The quantitative estimate of drug-likeness (QED) is 0.224. The average Bonchev–Trinajstić information content (AvgIpc) is 2.53. The van der Waals surface area contributed by atoms with Crippen LogP contribution >= 0.6 is 8.25 Å². The summed E-state index contributed by atoms with van der Waals surface area (Å²) in [5.74, 6) is -1.06. The van der Waals surface area contributed by atoms with Gasteiger partial charge in [-0.2, -0.15) is 0 Å². The highest BCUT2D eigenvalue weighted by Gasteiger charge is 2.12. The molecule has 0 aliphatic heterocycles. The van der Waals surface area contributed by atoms with Crippen LogP contribution in [-0.4, -0.2) is 74.4 Å². The first-order chi connectivity index (χ1) is 11.4. The first-order valence-electron chi connectivity index (χ1n) is 6.90. The first-order valence-corrected chi connectivity index (χ1v) is 8.12. The van der Waals surface area contributed by atoms with Crippen molar-refractivity contribution in [2.24, 2.45) is 0 Å². The third-order valence-corrected chi connectivity index (χ3v) is 3.02. The largest absolute Gasteiger partial charge is 0.463 e. The predicted octanol–water partition coefficient (Wildman–Crippen LogP) is -0.795. The molecule has 2 atom stereocenters. The number of ether oxygens (including phenoxy) is 4. The van der Waals surface area contributed by atoms with Gasteiger partial charge in [-0.3, -0.25) is 23.2 Å². The standard InChI is InChI=1S/C12H23O11P/c1-9(15)18-5-11(3-13)20-7-22-24(17)23-8-21-12(4-14)6-19-10(2)16/h11-14,24H,3-8H2,1-2H3. The van der Waals surface area contributed by atoms with Gasteiger partial charge in [0.25, 0.3) is 0 Å². The molecule has 0 aromatic carbocycles. The van der Waals surface area contributed by atoms with Crippen molar-refractivity contribution in [2.75, 3.05) is 40.0 Å². The molecule has 11 nitrogen and oxygen atoms in total. The molecule has 24 heavy (non-hydrogen) atoms. The molecule has 0 spiro atoms. The van der Waals surface area contributed by atoms with Crippen LogP contribution in [0.15, 0.2) is 0 Å². The van der Waals surface area contributed by atoms with Crippen LogP contribution in [0.5, 0.6) is 0 Å². The Morgan fingerprint density at radius 2 is 1.25 bits per heavy atom. The van der Waals surface area contributed by atoms with E-state index in [1.54, 1.807) is 0 Å². The van der Waals surface area contributed by atoms with E-state index in [0.29, 0.717) is 0 Å². The highest BCUT2D eigenvalue weighted by Crippen LogP contribution is 2.23. The molecule has 2 unspecified atom stereocenters. The van der Waals surface area contributed by atoms with Gasteiger partial charge in [-0.15, -0.1) is 0 Å². The van der Waals surface area contributed by atoms with E-state index < -0.39 is 59.2 Å². The van der Waals surface area contributed by atoms with E-state index in [1.807, 2.05) is 0 Å². The van der Waals surface area contributed by atoms with Crippen LogP contribution in [0, 0.1) is 0 Å². The van der Waals surface area contributed by atoms with Gasteiger partial charge >= 0.3 is 20.2 Å². The van der Waals surface area contributed by atoms with Crippen molar-refractivity contribution < 1.29 is 52.4 Å². The minimum absolute atomic E-state index is 0.172. The molecule has 0 aromatic heterocycles. The molecule has 0 aliphatic carbocycles. The lowest BCUT2D eigenvalue weighted by atomic mass is 10.4. The van der Waals surface area contributed by atoms with Gasteiger partial charge in [-0.25, -0.2) is 0 Å². The van der Waals surface area contributed by atoms with Crippen LogP contribution in [0.25, 0.3) is 0 Å². The van der Waals surface area contributed by atoms with E-state index >= 15 is 0 Å². The Balaban J connectivity index is 3.81. The number of aliphatic hydroxyl groups excluding tert-OH is 2. The number of rotatable bonds is 14. The Hall–Kier alpha value is -1.07. The molecule has 0 saturated heterocycles. The Morgan fingerprint density at radius 1 is 0.875 bits per heavy atom. The summed E-state index contributed by atoms with van der Waals surface area (Å²) in [6, 6.07) is 0. The maximum absolute atomic E-state index is 11.4. The minimum Gasteiger partial charge on any atom is -0.463 e. The monoisotopic (exact) mass is 374 g/mol. The Labute approximate surface area is 139 Å². The molecule has 0 radical (unpaired) electrons. The van der Waals surface area contributed by atoms with E-state index in [-0.39, 0.29) is 13.2 Å². The van der Waals surface area contributed by atoms with Crippen molar-refractivity contribution in [2.45, 2.75) is 26.1 Å². The molecule has 2 N–H and O–H groups in total. The van der Waals surface area contributed by atoms with Crippen LogP contribution in [0.3, 0.4) is 0 Å². The topological polar surface area (TPSA) is 147 Å². The Morgan fingerprint density at radius 3 is 1.54 bits per heavy atom. The molecule has 0 heterocycles. The van der Waals surface area contributed by atoms with Crippen LogP contribution < -0.4 is 0 Å². The van der Waals surface area contributed by atoms with Gasteiger partial charge in [-0.1, -0.05) is 0 Å². The minimum atomic E-state index is -2.94. The third-order valence-electron chi connectivity index (χ3n) is 2.31. The van der Waals surface area contributed by atoms with Crippen LogP contribution in [-0.2, 0) is 42.1 Å². The lowest BCUT2D eigenvalue weighted by molar-refractivity contribution is -0.150. The molecule has 0 bridgehead atoms. The second kappa shape index (κ2) is 14.3. The van der Waals surface area contributed by atoms with Crippen LogP contribution in [0.2, 0.25) is 0 Å². The molecule has 142 valence electrons. The summed E-state index contributed by atoms with van der Waals surface area (Å²) in [5, 5.41) is 17.9. The average molecular weight is 374 g/mol. The van der Waals surface area contributed by atoms with Gasteiger partial charge in [0.15, 0.2) is 13.6 Å². The third kappa shape index (κ3) is 13.4. The number of esters is 2. The number of hydrogen-bond acceptors (Lipinski definition) is 11. The summed E-state index contributed by atoms with van der Waals surface area (Å²) in [5.41, 5.74) is 0. The zero-order chi connectivity index (χ0) is 18.4. The van der Waals surface area contributed by atoms with E-state index in [0.717, 1.165) is 0 Å². The second-order valence-electron chi connectivity index (χ2n) is 4.32. The summed E-state index contributed by atoms with van der Waals surface area (Å²) in [6.45, 7) is 0.314. The van der Waals surface area contributed by atoms with Gasteiger partial charge in [0, 0.05) is 13.8 Å². The van der Waals surface area contributed by atoms with Crippen molar-refractivity contribution in [1.82, 2.24) is 0 Å². The van der Waals surface area contributed by atoms with Crippen molar-refractivity contribution in [3.05, 3.63) is 0 Å². The Bertz CT molecular complexity index is 355. The molecule has 0 rings (SSSR count). The summed E-state index contributed by atoms with van der Waals surface area (Å²) in [4.78, 5) is 21.2. The van der Waals surface area contributed by atoms with Crippen LogP contribution in [0.1, 0.15) is 13.8 Å². The number of carbonyl (C=O) groups excluding carboxylic acids is 2. The SMILES string of the molecule is CC(=O)OCC(CO)OCO[PH](=O)OCOC(CO)COC(C)=O. The molecule has 0 aromatic rings. The van der Waals surface area contributed by atoms with E-state index in [2.05, 4.69) is 9.47 Å². The van der Waals surface area contributed by atoms with Gasteiger partial charge in [0.05, 0.1) is 13.2 Å². The number of aliphatic hydroxyl groups is 2. The number of hydrogen-bond donors (Lipinski definition) is 2.